The Hall–Kier alpha value is -0.970. The Kier molecular flexibility index (Phi) is 4.86. The van der Waals surface area contributed by atoms with Crippen molar-refractivity contribution in [1.29, 1.82) is 0 Å². The number of hydrogen-bond acceptors (Lipinski definition) is 3. The lowest BCUT2D eigenvalue weighted by Crippen LogP contribution is -2.26. The molecule has 0 bridgehead atoms. The summed E-state index contributed by atoms with van der Waals surface area (Å²) < 4.78 is 0. The standard InChI is InChI=1S/C11H16BrN3O/c1-7(12)4-5-13-11(16)10-6-8(2)14-15-9(10)3/h6-7H,4-5H2,1-3H3,(H,13,16). The van der Waals surface area contributed by atoms with Gasteiger partial charge in [-0.05, 0) is 26.3 Å². The van der Waals surface area contributed by atoms with Gasteiger partial charge in [0, 0.05) is 11.4 Å². The first kappa shape index (κ1) is 13.1. The van der Waals surface area contributed by atoms with Crippen molar-refractivity contribution in [3.8, 4) is 0 Å². The van der Waals surface area contributed by atoms with Gasteiger partial charge in [0.25, 0.3) is 5.91 Å². The summed E-state index contributed by atoms with van der Waals surface area (Å²) >= 11 is 3.43. The topological polar surface area (TPSA) is 54.9 Å². The molecule has 4 nitrogen and oxygen atoms in total. The molecule has 0 aromatic carbocycles. The van der Waals surface area contributed by atoms with Crippen LogP contribution in [0.1, 0.15) is 35.1 Å². The fraction of sp³-hybridized carbons (Fsp3) is 0.545. The van der Waals surface area contributed by atoms with E-state index in [0.717, 1.165) is 12.1 Å². The first-order chi connectivity index (χ1) is 7.50. The minimum Gasteiger partial charge on any atom is -0.352 e. The van der Waals surface area contributed by atoms with Crippen LogP contribution in [-0.2, 0) is 0 Å². The Labute approximate surface area is 104 Å². The number of aryl methyl sites for hydroxylation is 2. The molecule has 88 valence electrons. The van der Waals surface area contributed by atoms with Crippen molar-refractivity contribution in [2.75, 3.05) is 6.54 Å². The predicted octanol–water partition coefficient (Wildman–Crippen LogP) is 2.00. The van der Waals surface area contributed by atoms with Crippen LogP contribution in [0.25, 0.3) is 0 Å². The minimum absolute atomic E-state index is 0.0800. The van der Waals surface area contributed by atoms with E-state index in [-0.39, 0.29) is 5.91 Å². The van der Waals surface area contributed by atoms with E-state index in [1.807, 2.05) is 6.92 Å². The van der Waals surface area contributed by atoms with Crippen LogP contribution in [0.15, 0.2) is 6.07 Å². The third-order valence-corrected chi connectivity index (χ3v) is 2.63. The summed E-state index contributed by atoms with van der Waals surface area (Å²) in [7, 11) is 0. The average Bonchev–Trinajstić information content (AvgIpc) is 2.21. The number of nitrogens with one attached hydrogen (secondary N) is 1. The molecular formula is C11H16BrN3O. The van der Waals surface area contributed by atoms with Crippen LogP contribution in [0.5, 0.6) is 0 Å². The molecule has 1 N–H and O–H groups in total. The van der Waals surface area contributed by atoms with Crippen molar-refractivity contribution in [3.05, 3.63) is 23.0 Å². The lowest BCUT2D eigenvalue weighted by Gasteiger charge is -2.08. The zero-order chi connectivity index (χ0) is 12.1. The number of aromatic nitrogens is 2. The second-order valence-electron chi connectivity index (χ2n) is 3.81. The monoisotopic (exact) mass is 285 g/mol. The van der Waals surface area contributed by atoms with E-state index >= 15 is 0 Å². The molecule has 16 heavy (non-hydrogen) atoms. The SMILES string of the molecule is Cc1cc(C(=O)NCCC(C)Br)c(C)nn1. The summed E-state index contributed by atoms with van der Waals surface area (Å²) in [6.45, 7) is 6.32. The predicted molar refractivity (Wildman–Crippen MR) is 66.8 cm³/mol. The Morgan fingerprint density at radius 2 is 2.19 bits per heavy atom. The normalized spacial score (nSPS) is 12.2. The maximum atomic E-state index is 11.8. The number of carbonyl (C=O) groups excluding carboxylic acids is 1. The molecule has 0 aliphatic carbocycles. The molecular weight excluding hydrogens is 270 g/mol. The van der Waals surface area contributed by atoms with Crippen molar-refractivity contribution < 1.29 is 4.79 Å². The molecule has 5 heteroatoms. The average molecular weight is 286 g/mol. The lowest BCUT2D eigenvalue weighted by molar-refractivity contribution is 0.0952. The van der Waals surface area contributed by atoms with E-state index in [9.17, 15) is 4.79 Å². The molecule has 1 amide bonds. The van der Waals surface area contributed by atoms with Gasteiger partial charge in [-0.3, -0.25) is 4.79 Å². The summed E-state index contributed by atoms with van der Waals surface area (Å²) in [6.07, 6.45) is 0.905. The van der Waals surface area contributed by atoms with Gasteiger partial charge in [0.05, 0.1) is 17.0 Å². The molecule has 0 aliphatic rings. The van der Waals surface area contributed by atoms with Crippen LogP contribution in [0.4, 0.5) is 0 Å². The fourth-order valence-corrected chi connectivity index (χ4v) is 1.49. The van der Waals surface area contributed by atoms with Gasteiger partial charge in [0.2, 0.25) is 0 Å². The van der Waals surface area contributed by atoms with Crippen LogP contribution in [-0.4, -0.2) is 27.5 Å². The number of nitrogens with zero attached hydrogens (tertiary/aromatic N) is 2. The lowest BCUT2D eigenvalue weighted by atomic mass is 10.2. The number of alkyl halides is 1. The molecule has 1 atom stereocenters. The molecule has 0 saturated heterocycles. The van der Waals surface area contributed by atoms with Crippen molar-refractivity contribution in [1.82, 2.24) is 15.5 Å². The fourth-order valence-electron chi connectivity index (χ4n) is 1.26. The number of halogens is 1. The summed E-state index contributed by atoms with van der Waals surface area (Å²) in [4.78, 5) is 12.2. The molecule has 1 aromatic rings. The largest absolute Gasteiger partial charge is 0.352 e. The number of hydrogen-bond donors (Lipinski definition) is 1. The van der Waals surface area contributed by atoms with Gasteiger partial charge in [-0.2, -0.15) is 10.2 Å². The van der Waals surface area contributed by atoms with Crippen molar-refractivity contribution >= 4 is 21.8 Å². The highest BCUT2D eigenvalue weighted by Gasteiger charge is 2.10. The van der Waals surface area contributed by atoms with Gasteiger partial charge in [-0.25, -0.2) is 0 Å². The van der Waals surface area contributed by atoms with E-state index in [4.69, 9.17) is 0 Å². The Bertz CT molecular complexity index is 379. The van der Waals surface area contributed by atoms with Gasteiger partial charge < -0.3 is 5.32 Å². The quantitative estimate of drug-likeness (QED) is 0.861. The van der Waals surface area contributed by atoms with E-state index in [2.05, 4.69) is 38.4 Å². The summed E-state index contributed by atoms with van der Waals surface area (Å²) in [5.74, 6) is -0.0800. The van der Waals surface area contributed by atoms with Crippen LogP contribution in [0.3, 0.4) is 0 Å². The molecule has 0 radical (unpaired) electrons. The van der Waals surface area contributed by atoms with Gasteiger partial charge in [-0.1, -0.05) is 22.9 Å². The first-order valence-electron chi connectivity index (χ1n) is 5.24. The van der Waals surface area contributed by atoms with Crippen LogP contribution >= 0.6 is 15.9 Å². The minimum atomic E-state index is -0.0800. The molecule has 1 heterocycles. The van der Waals surface area contributed by atoms with Crippen molar-refractivity contribution in [2.45, 2.75) is 32.0 Å². The highest BCUT2D eigenvalue weighted by Crippen LogP contribution is 2.06. The Morgan fingerprint density at radius 3 is 2.81 bits per heavy atom. The molecule has 1 rings (SSSR count). The Balaban J connectivity index is 2.62. The van der Waals surface area contributed by atoms with Gasteiger partial charge >= 0.3 is 0 Å². The number of rotatable bonds is 4. The molecule has 1 aromatic heterocycles. The van der Waals surface area contributed by atoms with Crippen LogP contribution in [0.2, 0.25) is 0 Å². The summed E-state index contributed by atoms with van der Waals surface area (Å²) in [5, 5.41) is 10.7. The van der Waals surface area contributed by atoms with Gasteiger partial charge in [-0.15, -0.1) is 0 Å². The molecule has 1 unspecified atom stereocenters. The highest BCUT2D eigenvalue weighted by atomic mass is 79.9. The van der Waals surface area contributed by atoms with E-state index < -0.39 is 0 Å². The number of amides is 1. The molecule has 0 fully saturated rings. The van der Waals surface area contributed by atoms with E-state index in [1.165, 1.54) is 0 Å². The maximum absolute atomic E-state index is 11.8. The number of carbonyl (C=O) groups is 1. The van der Waals surface area contributed by atoms with Crippen LogP contribution in [0, 0.1) is 13.8 Å². The van der Waals surface area contributed by atoms with E-state index in [1.54, 1.807) is 13.0 Å². The van der Waals surface area contributed by atoms with Crippen LogP contribution < -0.4 is 5.32 Å². The van der Waals surface area contributed by atoms with Crippen molar-refractivity contribution in [2.24, 2.45) is 0 Å². The zero-order valence-corrected chi connectivity index (χ0v) is 11.3. The summed E-state index contributed by atoms with van der Waals surface area (Å²) in [6, 6.07) is 1.76. The second-order valence-corrected chi connectivity index (χ2v) is 5.37. The first-order valence-corrected chi connectivity index (χ1v) is 6.15. The second kappa shape index (κ2) is 5.94. The Morgan fingerprint density at radius 1 is 1.50 bits per heavy atom. The van der Waals surface area contributed by atoms with Crippen molar-refractivity contribution in [3.63, 3.8) is 0 Å². The smallest absolute Gasteiger partial charge is 0.253 e. The zero-order valence-electron chi connectivity index (χ0n) is 9.75. The molecule has 0 saturated carbocycles. The highest BCUT2D eigenvalue weighted by molar-refractivity contribution is 9.09. The van der Waals surface area contributed by atoms with E-state index in [0.29, 0.717) is 22.6 Å². The summed E-state index contributed by atoms with van der Waals surface area (Å²) in [5.41, 5.74) is 2.02. The third kappa shape index (κ3) is 3.89. The van der Waals surface area contributed by atoms with Gasteiger partial charge in [0.15, 0.2) is 0 Å². The molecule has 0 spiro atoms. The third-order valence-electron chi connectivity index (χ3n) is 2.17. The van der Waals surface area contributed by atoms with Gasteiger partial charge in [0.1, 0.15) is 0 Å². The maximum Gasteiger partial charge on any atom is 0.253 e. The molecule has 0 aliphatic heterocycles.